The molecular formula is C34H41N5O5S2. The van der Waals surface area contributed by atoms with Gasteiger partial charge in [-0.15, -0.1) is 11.3 Å². The van der Waals surface area contributed by atoms with Crippen LogP contribution in [0.15, 0.2) is 84.2 Å². The maximum atomic E-state index is 13.8. The smallest absolute Gasteiger partial charge is 0.251 e. The van der Waals surface area contributed by atoms with Crippen LogP contribution in [0.3, 0.4) is 0 Å². The number of anilines is 1. The van der Waals surface area contributed by atoms with E-state index in [1.54, 1.807) is 0 Å². The number of nitrogens with one attached hydrogen (secondary N) is 3. The first-order chi connectivity index (χ1) is 21.8. The van der Waals surface area contributed by atoms with Gasteiger partial charge in [-0.3, -0.25) is 13.9 Å². The maximum Gasteiger partial charge on any atom is 0.251 e. The van der Waals surface area contributed by atoms with Crippen LogP contribution in [-0.4, -0.2) is 62.3 Å². The average Bonchev–Trinajstić information content (AvgIpc) is 3.49. The first-order valence-electron chi connectivity index (χ1n) is 14.9. The molecule has 0 radical (unpaired) electrons. The molecule has 1 aromatic heterocycles. The molecule has 4 atom stereocenters. The van der Waals surface area contributed by atoms with Crippen LogP contribution in [0.2, 0.25) is 0 Å². The molecule has 46 heavy (non-hydrogen) atoms. The maximum absolute atomic E-state index is 13.8. The molecule has 10 nitrogen and oxygen atoms in total. The van der Waals surface area contributed by atoms with Crippen molar-refractivity contribution in [3.05, 3.63) is 117 Å². The fourth-order valence-corrected chi connectivity index (χ4v) is 6.17. The second-order valence-corrected chi connectivity index (χ2v) is 14.3. The summed E-state index contributed by atoms with van der Waals surface area (Å²) in [5.41, 5.74) is 3.09. The van der Waals surface area contributed by atoms with Crippen LogP contribution >= 0.6 is 11.3 Å². The molecule has 2 amide bonds. The Hall–Kier alpha value is -4.10. The van der Waals surface area contributed by atoms with E-state index in [1.165, 1.54) is 36.6 Å². The lowest BCUT2D eigenvalue weighted by molar-refractivity contribution is 0.0825. The van der Waals surface area contributed by atoms with Crippen LogP contribution in [0.4, 0.5) is 5.69 Å². The number of aliphatic hydroxyl groups is 1. The molecule has 0 aliphatic heterocycles. The number of nitrogens with zero attached hydrogens (tertiary/aromatic N) is 2. The van der Waals surface area contributed by atoms with Crippen LogP contribution in [0.25, 0.3) is 0 Å². The molecule has 244 valence electrons. The molecule has 0 aliphatic rings. The molecule has 1 heterocycles. The average molecular weight is 664 g/mol. The Bertz CT molecular complexity index is 1730. The number of aryl methyl sites for hydroxylation is 1. The summed E-state index contributed by atoms with van der Waals surface area (Å²) in [5.74, 6) is -1.02. The van der Waals surface area contributed by atoms with Crippen molar-refractivity contribution in [1.29, 1.82) is 0 Å². The number of thiazole rings is 1. The van der Waals surface area contributed by atoms with Gasteiger partial charge in [0.2, 0.25) is 10.0 Å². The van der Waals surface area contributed by atoms with Crippen molar-refractivity contribution in [2.75, 3.05) is 24.2 Å². The van der Waals surface area contributed by atoms with Gasteiger partial charge in [0.25, 0.3) is 11.8 Å². The van der Waals surface area contributed by atoms with E-state index in [-0.39, 0.29) is 35.4 Å². The molecule has 4 N–H and O–H groups in total. The van der Waals surface area contributed by atoms with Crippen LogP contribution in [-0.2, 0) is 16.4 Å². The Morgan fingerprint density at radius 2 is 1.50 bits per heavy atom. The SMILES string of the molecule is Cc1csc([C@@H](C)NC[C@@H](O)[C@H](Cc2ccccc2)NC(=O)c2cc(C(=O)N[C@H](C)c3ccccc3)cc(N(C)S(C)(=O)=O)c2)n1. The zero-order valence-electron chi connectivity index (χ0n) is 26.6. The minimum Gasteiger partial charge on any atom is -0.390 e. The summed E-state index contributed by atoms with van der Waals surface area (Å²) in [6.45, 7) is 5.91. The van der Waals surface area contributed by atoms with Crippen LogP contribution < -0.4 is 20.3 Å². The molecule has 0 saturated carbocycles. The van der Waals surface area contributed by atoms with Gasteiger partial charge in [0.05, 0.1) is 36.2 Å². The summed E-state index contributed by atoms with van der Waals surface area (Å²) in [6.07, 6.45) is 0.402. The number of carbonyl (C=O) groups excluding carboxylic acids is 2. The molecule has 0 fully saturated rings. The van der Waals surface area contributed by atoms with Gasteiger partial charge in [0.15, 0.2) is 0 Å². The van der Waals surface area contributed by atoms with E-state index in [1.807, 2.05) is 86.8 Å². The van der Waals surface area contributed by atoms with Crippen LogP contribution in [0, 0.1) is 6.92 Å². The highest BCUT2D eigenvalue weighted by Gasteiger charge is 2.26. The molecule has 0 saturated heterocycles. The topological polar surface area (TPSA) is 141 Å². The molecule has 3 aromatic carbocycles. The Morgan fingerprint density at radius 3 is 2.07 bits per heavy atom. The number of aliphatic hydroxyl groups excluding tert-OH is 1. The molecule has 0 spiro atoms. The predicted molar refractivity (Wildman–Crippen MR) is 183 cm³/mol. The zero-order valence-corrected chi connectivity index (χ0v) is 28.2. The highest BCUT2D eigenvalue weighted by molar-refractivity contribution is 7.92. The Kier molecular flexibility index (Phi) is 11.7. The Labute approximate surface area is 274 Å². The Balaban J connectivity index is 1.60. The quantitative estimate of drug-likeness (QED) is 0.157. The van der Waals surface area contributed by atoms with Crippen molar-refractivity contribution in [2.45, 2.75) is 51.4 Å². The number of aromatic nitrogens is 1. The van der Waals surface area contributed by atoms with E-state index in [0.717, 1.165) is 32.4 Å². The van der Waals surface area contributed by atoms with Gasteiger partial charge in [-0.1, -0.05) is 60.7 Å². The Morgan fingerprint density at radius 1 is 0.913 bits per heavy atom. The third kappa shape index (κ3) is 9.46. The molecule has 12 heteroatoms. The fraction of sp³-hybridized carbons (Fsp3) is 0.324. The van der Waals surface area contributed by atoms with Crippen molar-refractivity contribution < 1.29 is 23.1 Å². The summed E-state index contributed by atoms with van der Waals surface area (Å²) in [7, 11) is -2.34. The van der Waals surface area contributed by atoms with Crippen molar-refractivity contribution in [3.63, 3.8) is 0 Å². The highest BCUT2D eigenvalue weighted by Crippen LogP contribution is 2.23. The number of rotatable bonds is 14. The summed E-state index contributed by atoms with van der Waals surface area (Å²) < 4.78 is 25.9. The normalized spacial score (nSPS) is 14.1. The molecule has 0 aliphatic carbocycles. The van der Waals surface area contributed by atoms with Crippen molar-refractivity contribution in [2.24, 2.45) is 0 Å². The van der Waals surface area contributed by atoms with E-state index >= 15 is 0 Å². The van der Waals surface area contributed by atoms with E-state index in [9.17, 15) is 23.1 Å². The van der Waals surface area contributed by atoms with Crippen LogP contribution in [0.5, 0.6) is 0 Å². The van der Waals surface area contributed by atoms with Gasteiger partial charge in [0.1, 0.15) is 5.01 Å². The predicted octanol–water partition coefficient (Wildman–Crippen LogP) is 4.39. The van der Waals surface area contributed by atoms with Gasteiger partial charge in [-0.25, -0.2) is 13.4 Å². The van der Waals surface area contributed by atoms with Gasteiger partial charge in [0, 0.05) is 35.8 Å². The molecule has 0 unspecified atom stereocenters. The number of carbonyl (C=O) groups is 2. The van der Waals surface area contributed by atoms with Crippen molar-refractivity contribution >= 4 is 38.9 Å². The van der Waals surface area contributed by atoms with Gasteiger partial charge < -0.3 is 21.1 Å². The number of benzene rings is 3. The van der Waals surface area contributed by atoms with E-state index in [4.69, 9.17) is 0 Å². The standard InChI is InChI=1S/C34H41N5O5S2/c1-22-21-45-34(36-22)24(3)35-20-31(40)30(16-25-12-8-6-9-13-25)38-33(42)28-17-27(18-29(19-28)39(4)46(5,43)44)32(41)37-23(2)26-14-10-7-11-15-26/h6-15,17-19,21,23-24,30-31,35,40H,16,20H2,1-5H3,(H,37,41)(H,38,42)/t23-,24-,30+,31-/m1/s1. The van der Waals surface area contributed by atoms with Crippen molar-refractivity contribution in [3.8, 4) is 0 Å². The van der Waals surface area contributed by atoms with E-state index in [0.29, 0.717) is 6.42 Å². The lowest BCUT2D eigenvalue weighted by atomic mass is 9.99. The van der Waals surface area contributed by atoms with Gasteiger partial charge >= 0.3 is 0 Å². The lowest BCUT2D eigenvalue weighted by Gasteiger charge is -2.26. The first kappa shape index (κ1) is 34.8. The lowest BCUT2D eigenvalue weighted by Crippen LogP contribution is -2.49. The number of amides is 2. The number of hydrogen-bond donors (Lipinski definition) is 4. The molecule has 4 rings (SSSR count). The van der Waals surface area contributed by atoms with E-state index in [2.05, 4.69) is 20.9 Å². The van der Waals surface area contributed by atoms with Crippen LogP contribution in [0.1, 0.15) is 68.5 Å². The van der Waals surface area contributed by atoms with Gasteiger partial charge in [-0.05, 0) is 56.5 Å². The fourth-order valence-electron chi connectivity index (χ4n) is 4.85. The summed E-state index contributed by atoms with van der Waals surface area (Å²) in [4.78, 5) is 31.7. The molecular weight excluding hydrogens is 623 g/mol. The number of sulfonamides is 1. The third-order valence-electron chi connectivity index (χ3n) is 7.67. The third-order valence-corrected chi connectivity index (χ3v) is 10.0. The highest BCUT2D eigenvalue weighted by atomic mass is 32.2. The summed E-state index contributed by atoms with van der Waals surface area (Å²) >= 11 is 1.53. The minimum absolute atomic E-state index is 0.0790. The first-order valence-corrected chi connectivity index (χ1v) is 17.7. The second kappa shape index (κ2) is 15.5. The largest absolute Gasteiger partial charge is 0.390 e. The molecule has 4 aromatic rings. The monoisotopic (exact) mass is 663 g/mol. The second-order valence-electron chi connectivity index (χ2n) is 11.4. The van der Waals surface area contributed by atoms with Crippen molar-refractivity contribution in [1.82, 2.24) is 20.9 Å². The summed E-state index contributed by atoms with van der Waals surface area (Å²) in [5, 5.41) is 23.4. The zero-order chi connectivity index (χ0) is 33.4. The summed E-state index contributed by atoms with van der Waals surface area (Å²) in [6, 6.07) is 22.0. The molecule has 0 bridgehead atoms. The van der Waals surface area contributed by atoms with E-state index < -0.39 is 34.0 Å². The van der Waals surface area contributed by atoms with Gasteiger partial charge in [-0.2, -0.15) is 0 Å². The minimum atomic E-state index is -3.70. The number of hydrogen-bond acceptors (Lipinski definition) is 8.